The third kappa shape index (κ3) is 2.33. The van der Waals surface area contributed by atoms with E-state index < -0.39 is 5.97 Å². The van der Waals surface area contributed by atoms with E-state index in [1.54, 1.807) is 29.9 Å². The van der Waals surface area contributed by atoms with Gasteiger partial charge in [0.05, 0.1) is 29.4 Å². The highest BCUT2D eigenvalue weighted by Gasteiger charge is 2.19. The van der Waals surface area contributed by atoms with Crippen molar-refractivity contribution in [1.82, 2.24) is 14.8 Å². The van der Waals surface area contributed by atoms with E-state index in [0.29, 0.717) is 27.3 Å². The molecule has 0 saturated heterocycles. The Hall–Kier alpha value is -2.40. The lowest BCUT2D eigenvalue weighted by Crippen LogP contribution is -2.04. The van der Waals surface area contributed by atoms with Gasteiger partial charge in [-0.15, -0.1) is 0 Å². The summed E-state index contributed by atoms with van der Waals surface area (Å²) in [6, 6.07) is 9.03. The van der Waals surface area contributed by atoms with Crippen LogP contribution in [0.2, 0.25) is 5.02 Å². The van der Waals surface area contributed by atoms with Crippen LogP contribution in [0, 0.1) is 6.92 Å². The van der Waals surface area contributed by atoms with Crippen LogP contribution in [0.1, 0.15) is 16.1 Å². The first-order chi connectivity index (χ1) is 10.5. The highest BCUT2D eigenvalue weighted by Crippen LogP contribution is 2.27. The van der Waals surface area contributed by atoms with Crippen LogP contribution >= 0.6 is 11.6 Å². The molecule has 112 valence electrons. The Morgan fingerprint density at radius 2 is 1.95 bits per heavy atom. The van der Waals surface area contributed by atoms with Gasteiger partial charge in [0.15, 0.2) is 5.65 Å². The number of ether oxygens (including phenoxy) is 1. The van der Waals surface area contributed by atoms with E-state index in [-0.39, 0.29) is 0 Å². The summed E-state index contributed by atoms with van der Waals surface area (Å²) in [6.07, 6.45) is 0. The van der Waals surface area contributed by atoms with Gasteiger partial charge in [0.1, 0.15) is 0 Å². The molecule has 0 fully saturated rings. The third-order valence-electron chi connectivity index (χ3n) is 3.51. The van der Waals surface area contributed by atoms with E-state index >= 15 is 0 Å². The summed E-state index contributed by atoms with van der Waals surface area (Å²) in [5.41, 5.74) is 3.39. The fourth-order valence-electron chi connectivity index (χ4n) is 2.48. The van der Waals surface area contributed by atoms with Crippen molar-refractivity contribution in [3.8, 4) is 11.3 Å². The molecule has 2 heterocycles. The SMILES string of the molecule is COC(=O)c1cc(-c2ccc(Cl)cc2)nc2c1c(C)nn2C. The molecule has 0 aliphatic carbocycles. The van der Waals surface area contributed by atoms with Gasteiger partial charge in [0.2, 0.25) is 0 Å². The molecule has 0 unspecified atom stereocenters. The predicted molar refractivity (Wildman–Crippen MR) is 85.0 cm³/mol. The van der Waals surface area contributed by atoms with Crippen LogP contribution < -0.4 is 0 Å². The third-order valence-corrected chi connectivity index (χ3v) is 3.77. The van der Waals surface area contributed by atoms with E-state index in [4.69, 9.17) is 16.3 Å². The average Bonchev–Trinajstić information content (AvgIpc) is 2.81. The largest absolute Gasteiger partial charge is 0.465 e. The molecule has 2 aromatic heterocycles. The molecule has 0 N–H and O–H groups in total. The van der Waals surface area contributed by atoms with Crippen molar-refractivity contribution in [3.63, 3.8) is 0 Å². The second-order valence-corrected chi connectivity index (χ2v) is 5.40. The van der Waals surface area contributed by atoms with Gasteiger partial charge in [-0.1, -0.05) is 23.7 Å². The Bertz CT molecular complexity index is 869. The summed E-state index contributed by atoms with van der Waals surface area (Å²) in [5, 5.41) is 5.70. The quantitative estimate of drug-likeness (QED) is 0.680. The van der Waals surface area contributed by atoms with E-state index in [9.17, 15) is 4.79 Å². The number of halogens is 1. The number of benzene rings is 1. The minimum absolute atomic E-state index is 0.404. The Morgan fingerprint density at radius 3 is 2.59 bits per heavy atom. The van der Waals surface area contributed by atoms with E-state index in [0.717, 1.165) is 11.3 Å². The van der Waals surface area contributed by atoms with Crippen LogP contribution in [0.15, 0.2) is 30.3 Å². The maximum Gasteiger partial charge on any atom is 0.338 e. The second-order valence-electron chi connectivity index (χ2n) is 4.96. The minimum atomic E-state index is -0.404. The zero-order valence-electron chi connectivity index (χ0n) is 12.4. The van der Waals surface area contributed by atoms with Crippen molar-refractivity contribution in [3.05, 3.63) is 46.6 Å². The van der Waals surface area contributed by atoms with Crippen LogP contribution in [-0.2, 0) is 11.8 Å². The average molecular weight is 316 g/mol. The molecular formula is C16H14ClN3O2. The molecular weight excluding hydrogens is 302 g/mol. The standard InChI is InChI=1S/C16H14ClN3O2/c1-9-14-12(16(21)22-3)8-13(18-15(14)20(2)19-9)10-4-6-11(17)7-5-10/h4-8H,1-3H3. The maximum atomic E-state index is 12.1. The molecule has 0 amide bonds. The summed E-state index contributed by atoms with van der Waals surface area (Å²) < 4.78 is 6.56. The number of nitrogens with zero attached hydrogens (tertiary/aromatic N) is 3. The van der Waals surface area contributed by atoms with Crippen molar-refractivity contribution in [2.75, 3.05) is 7.11 Å². The van der Waals surface area contributed by atoms with Crippen molar-refractivity contribution < 1.29 is 9.53 Å². The molecule has 1 aromatic carbocycles. The smallest absolute Gasteiger partial charge is 0.338 e. The Balaban J connectivity index is 2.31. The van der Waals surface area contributed by atoms with Gasteiger partial charge in [-0.25, -0.2) is 9.78 Å². The van der Waals surface area contributed by atoms with Crippen molar-refractivity contribution in [1.29, 1.82) is 0 Å². The van der Waals surface area contributed by atoms with E-state index in [2.05, 4.69) is 10.1 Å². The first-order valence-electron chi connectivity index (χ1n) is 6.70. The molecule has 0 aliphatic heterocycles. The van der Waals surface area contributed by atoms with Gasteiger partial charge < -0.3 is 4.74 Å². The van der Waals surface area contributed by atoms with Crippen molar-refractivity contribution in [2.45, 2.75) is 6.92 Å². The highest BCUT2D eigenvalue weighted by atomic mass is 35.5. The first-order valence-corrected chi connectivity index (χ1v) is 7.07. The topological polar surface area (TPSA) is 57.0 Å². The molecule has 3 aromatic rings. The number of pyridine rings is 1. The summed E-state index contributed by atoms with van der Waals surface area (Å²) in [5.74, 6) is -0.404. The molecule has 0 atom stereocenters. The molecule has 3 rings (SSSR count). The monoisotopic (exact) mass is 315 g/mol. The van der Waals surface area contributed by atoms with Crippen molar-refractivity contribution >= 4 is 28.6 Å². The summed E-state index contributed by atoms with van der Waals surface area (Å²) in [4.78, 5) is 16.7. The fraction of sp³-hybridized carbons (Fsp3) is 0.188. The number of rotatable bonds is 2. The number of hydrogen-bond donors (Lipinski definition) is 0. The number of esters is 1. The molecule has 0 radical (unpaired) electrons. The Labute approximate surface area is 132 Å². The van der Waals surface area contributed by atoms with E-state index in [1.165, 1.54) is 7.11 Å². The summed E-state index contributed by atoms with van der Waals surface area (Å²) >= 11 is 5.92. The van der Waals surface area contributed by atoms with Gasteiger partial charge in [-0.2, -0.15) is 5.10 Å². The number of hydrogen-bond acceptors (Lipinski definition) is 4. The van der Waals surface area contributed by atoms with Crippen molar-refractivity contribution in [2.24, 2.45) is 7.05 Å². The van der Waals surface area contributed by atoms with Gasteiger partial charge in [-0.3, -0.25) is 4.68 Å². The molecule has 6 heteroatoms. The lowest BCUT2D eigenvalue weighted by molar-refractivity contribution is 0.0603. The van der Waals surface area contributed by atoms with Gasteiger partial charge in [-0.05, 0) is 25.1 Å². The fourth-order valence-corrected chi connectivity index (χ4v) is 2.61. The number of carbonyl (C=O) groups is 1. The molecule has 0 aliphatic rings. The molecule has 0 spiro atoms. The highest BCUT2D eigenvalue weighted by molar-refractivity contribution is 6.30. The molecule has 0 saturated carbocycles. The second kappa shape index (κ2) is 5.42. The predicted octanol–water partition coefficient (Wildman–Crippen LogP) is 3.38. The van der Waals surface area contributed by atoms with Crippen LogP contribution in [0.3, 0.4) is 0 Å². The maximum absolute atomic E-state index is 12.1. The van der Waals surface area contributed by atoms with Crippen LogP contribution in [0.25, 0.3) is 22.3 Å². The number of aromatic nitrogens is 3. The van der Waals surface area contributed by atoms with Crippen LogP contribution in [0.5, 0.6) is 0 Å². The zero-order valence-corrected chi connectivity index (χ0v) is 13.2. The number of aryl methyl sites for hydroxylation is 2. The van der Waals surface area contributed by atoms with Gasteiger partial charge in [0, 0.05) is 17.6 Å². The summed E-state index contributed by atoms with van der Waals surface area (Å²) in [6.45, 7) is 1.85. The number of fused-ring (bicyclic) bond motifs is 1. The zero-order chi connectivity index (χ0) is 15.9. The van der Waals surface area contributed by atoms with Gasteiger partial charge in [0.25, 0.3) is 0 Å². The summed E-state index contributed by atoms with van der Waals surface area (Å²) in [7, 11) is 3.16. The first kappa shape index (κ1) is 14.5. The van der Waals surface area contributed by atoms with Crippen LogP contribution in [0.4, 0.5) is 0 Å². The molecule has 22 heavy (non-hydrogen) atoms. The molecule has 5 nitrogen and oxygen atoms in total. The van der Waals surface area contributed by atoms with Crippen LogP contribution in [-0.4, -0.2) is 27.8 Å². The minimum Gasteiger partial charge on any atom is -0.465 e. The lowest BCUT2D eigenvalue weighted by Gasteiger charge is -2.07. The Morgan fingerprint density at radius 1 is 1.27 bits per heavy atom. The number of carbonyl (C=O) groups excluding carboxylic acids is 1. The van der Waals surface area contributed by atoms with Gasteiger partial charge >= 0.3 is 5.97 Å². The Kier molecular flexibility index (Phi) is 3.58. The molecule has 0 bridgehead atoms. The van der Waals surface area contributed by atoms with E-state index in [1.807, 2.05) is 19.1 Å². The lowest BCUT2D eigenvalue weighted by atomic mass is 10.1. The number of methoxy groups -OCH3 is 1. The normalized spacial score (nSPS) is 10.9.